The summed E-state index contributed by atoms with van der Waals surface area (Å²) in [7, 11) is 0. The van der Waals surface area contributed by atoms with Crippen molar-refractivity contribution < 1.29 is 19.7 Å². The lowest BCUT2D eigenvalue weighted by atomic mass is 10.0. The van der Waals surface area contributed by atoms with Gasteiger partial charge in [-0.2, -0.15) is 0 Å². The van der Waals surface area contributed by atoms with Gasteiger partial charge in [-0.15, -0.1) is 0 Å². The highest BCUT2D eigenvalue weighted by Gasteiger charge is 2.11. The summed E-state index contributed by atoms with van der Waals surface area (Å²) < 4.78 is 5.01. The van der Waals surface area contributed by atoms with Crippen molar-refractivity contribution in [2.45, 2.75) is 0 Å². The van der Waals surface area contributed by atoms with Gasteiger partial charge in [-0.25, -0.2) is 4.79 Å². The van der Waals surface area contributed by atoms with E-state index >= 15 is 0 Å². The fraction of sp³-hybridized carbons (Fsp3) is 0. The Morgan fingerprint density at radius 3 is 2.20 bits per heavy atom. The number of phenolic OH excluding ortho intramolecular Hbond substituents is 3. The van der Waals surface area contributed by atoms with Crippen LogP contribution in [0.15, 0.2) is 51.7 Å². The maximum atomic E-state index is 11.6. The van der Waals surface area contributed by atoms with Gasteiger partial charge in [-0.05, 0) is 29.3 Å². The van der Waals surface area contributed by atoms with Crippen molar-refractivity contribution in [3.8, 4) is 28.4 Å². The molecule has 0 amide bonds. The lowest BCUT2D eigenvalue weighted by Crippen LogP contribution is -1.98. The molecule has 1 aromatic heterocycles. The highest BCUT2D eigenvalue weighted by Crippen LogP contribution is 2.35. The van der Waals surface area contributed by atoms with E-state index in [1.54, 1.807) is 12.1 Å². The van der Waals surface area contributed by atoms with Crippen LogP contribution >= 0.6 is 0 Å². The first-order chi connectivity index (χ1) is 9.54. The van der Waals surface area contributed by atoms with Gasteiger partial charge in [-0.1, -0.05) is 12.1 Å². The molecular weight excluding hydrogens is 260 g/mol. The van der Waals surface area contributed by atoms with Crippen molar-refractivity contribution in [2.24, 2.45) is 0 Å². The topological polar surface area (TPSA) is 90.9 Å². The van der Waals surface area contributed by atoms with Gasteiger partial charge in [0.15, 0.2) is 11.5 Å². The lowest BCUT2D eigenvalue weighted by molar-refractivity contribution is 0.403. The number of benzene rings is 2. The van der Waals surface area contributed by atoms with Gasteiger partial charge in [0.1, 0.15) is 11.3 Å². The zero-order chi connectivity index (χ0) is 14.3. The molecule has 0 atom stereocenters. The van der Waals surface area contributed by atoms with Gasteiger partial charge >= 0.3 is 5.63 Å². The van der Waals surface area contributed by atoms with Crippen molar-refractivity contribution in [3.63, 3.8) is 0 Å². The number of aromatic hydroxyl groups is 3. The minimum absolute atomic E-state index is 0.113. The molecule has 0 radical (unpaired) electrons. The van der Waals surface area contributed by atoms with Crippen LogP contribution in [0, 0.1) is 0 Å². The Labute approximate surface area is 113 Å². The van der Waals surface area contributed by atoms with E-state index in [2.05, 4.69) is 0 Å². The summed E-state index contributed by atoms with van der Waals surface area (Å²) in [6, 6.07) is 10.1. The zero-order valence-corrected chi connectivity index (χ0v) is 10.2. The molecule has 5 heteroatoms. The first kappa shape index (κ1) is 12.1. The van der Waals surface area contributed by atoms with Crippen LogP contribution in [-0.2, 0) is 0 Å². The van der Waals surface area contributed by atoms with E-state index < -0.39 is 5.63 Å². The second kappa shape index (κ2) is 4.31. The third-order valence-corrected chi connectivity index (χ3v) is 3.02. The molecule has 0 bridgehead atoms. The van der Waals surface area contributed by atoms with Gasteiger partial charge < -0.3 is 19.7 Å². The van der Waals surface area contributed by atoms with Crippen LogP contribution in [0.4, 0.5) is 0 Å². The average Bonchev–Trinajstić information content (AvgIpc) is 2.41. The van der Waals surface area contributed by atoms with E-state index in [-0.39, 0.29) is 22.8 Å². The molecule has 3 N–H and O–H groups in total. The molecule has 5 nitrogen and oxygen atoms in total. The third kappa shape index (κ3) is 1.95. The summed E-state index contributed by atoms with van der Waals surface area (Å²) >= 11 is 0. The largest absolute Gasteiger partial charge is 0.508 e. The summed E-state index contributed by atoms with van der Waals surface area (Å²) in [6.07, 6.45) is 0. The molecule has 2 aromatic carbocycles. The van der Waals surface area contributed by atoms with E-state index in [0.29, 0.717) is 16.5 Å². The SMILES string of the molecule is O=c1cc(-c2ccc(O)cc2)c2cc(O)c(O)cc2o1. The van der Waals surface area contributed by atoms with Crippen LogP contribution in [0.3, 0.4) is 0 Å². The number of rotatable bonds is 1. The second-order valence-electron chi connectivity index (χ2n) is 4.36. The van der Waals surface area contributed by atoms with Gasteiger partial charge in [0.25, 0.3) is 0 Å². The minimum Gasteiger partial charge on any atom is -0.508 e. The smallest absolute Gasteiger partial charge is 0.336 e. The van der Waals surface area contributed by atoms with E-state index in [4.69, 9.17) is 4.42 Å². The summed E-state index contributed by atoms with van der Waals surface area (Å²) in [5.74, 6) is -0.545. The standard InChI is InChI=1S/C15H10O5/c16-9-3-1-8(2-4-9)10-6-15(19)20-14-7-13(18)12(17)5-11(10)14/h1-7,16-18H. The quantitative estimate of drug-likeness (QED) is 0.467. The van der Waals surface area contributed by atoms with Crippen molar-refractivity contribution >= 4 is 11.0 Å². The van der Waals surface area contributed by atoms with Crippen LogP contribution < -0.4 is 5.63 Å². The van der Waals surface area contributed by atoms with E-state index in [0.717, 1.165) is 0 Å². The molecule has 0 aliphatic rings. The van der Waals surface area contributed by atoms with E-state index in [9.17, 15) is 20.1 Å². The lowest BCUT2D eigenvalue weighted by Gasteiger charge is -2.07. The Kier molecular flexibility index (Phi) is 2.61. The minimum atomic E-state index is -0.564. The fourth-order valence-electron chi connectivity index (χ4n) is 2.07. The van der Waals surface area contributed by atoms with E-state index in [1.807, 2.05) is 0 Å². The molecule has 0 fully saturated rings. The fourth-order valence-corrected chi connectivity index (χ4v) is 2.07. The predicted octanol–water partition coefficient (Wildman–Crippen LogP) is 2.58. The molecule has 3 rings (SSSR count). The number of hydrogen-bond donors (Lipinski definition) is 3. The Hall–Kier alpha value is -2.95. The molecule has 20 heavy (non-hydrogen) atoms. The highest BCUT2D eigenvalue weighted by atomic mass is 16.4. The van der Waals surface area contributed by atoms with Crippen molar-refractivity contribution in [2.75, 3.05) is 0 Å². The second-order valence-corrected chi connectivity index (χ2v) is 4.36. The maximum Gasteiger partial charge on any atom is 0.336 e. The summed E-state index contributed by atoms with van der Waals surface area (Å²) in [4.78, 5) is 11.6. The average molecular weight is 270 g/mol. The molecule has 3 aromatic rings. The van der Waals surface area contributed by atoms with Crippen LogP contribution in [0.5, 0.6) is 17.2 Å². The molecule has 0 aliphatic heterocycles. The van der Waals surface area contributed by atoms with E-state index in [1.165, 1.54) is 30.3 Å². The third-order valence-electron chi connectivity index (χ3n) is 3.02. The molecule has 0 saturated carbocycles. The van der Waals surface area contributed by atoms with Crippen molar-refractivity contribution in [1.82, 2.24) is 0 Å². The van der Waals surface area contributed by atoms with Crippen molar-refractivity contribution in [1.29, 1.82) is 0 Å². The number of phenols is 3. The van der Waals surface area contributed by atoms with Gasteiger partial charge in [-0.3, -0.25) is 0 Å². The molecule has 0 aliphatic carbocycles. The molecule has 100 valence electrons. The first-order valence-electron chi connectivity index (χ1n) is 5.84. The Morgan fingerprint density at radius 2 is 1.50 bits per heavy atom. The Morgan fingerprint density at radius 1 is 0.850 bits per heavy atom. The normalized spacial score (nSPS) is 10.8. The number of hydrogen-bond acceptors (Lipinski definition) is 5. The van der Waals surface area contributed by atoms with Crippen molar-refractivity contribution in [3.05, 3.63) is 52.9 Å². The molecule has 0 unspecified atom stereocenters. The Bertz CT molecular complexity index is 847. The highest BCUT2D eigenvalue weighted by molar-refractivity contribution is 5.95. The summed E-state index contributed by atoms with van der Waals surface area (Å²) in [5, 5.41) is 28.8. The predicted molar refractivity (Wildman–Crippen MR) is 72.9 cm³/mol. The maximum absolute atomic E-state index is 11.6. The zero-order valence-electron chi connectivity index (χ0n) is 10.2. The first-order valence-corrected chi connectivity index (χ1v) is 5.84. The summed E-state index contributed by atoms with van der Waals surface area (Å²) in [6.45, 7) is 0. The molecule has 1 heterocycles. The van der Waals surface area contributed by atoms with Crippen LogP contribution in [0.1, 0.15) is 0 Å². The van der Waals surface area contributed by atoms with Gasteiger partial charge in [0.05, 0.1) is 0 Å². The Balaban J connectivity index is 2.37. The molecular formula is C15H10O5. The summed E-state index contributed by atoms with van der Waals surface area (Å²) in [5.41, 5.74) is 0.846. The van der Waals surface area contributed by atoms with Crippen LogP contribution in [-0.4, -0.2) is 15.3 Å². The molecule has 0 spiro atoms. The monoisotopic (exact) mass is 270 g/mol. The van der Waals surface area contributed by atoms with Crippen LogP contribution in [0.25, 0.3) is 22.1 Å². The van der Waals surface area contributed by atoms with Gasteiger partial charge in [0.2, 0.25) is 0 Å². The van der Waals surface area contributed by atoms with Crippen LogP contribution in [0.2, 0.25) is 0 Å². The van der Waals surface area contributed by atoms with Gasteiger partial charge in [0, 0.05) is 17.5 Å². The number of fused-ring (bicyclic) bond motifs is 1. The molecule has 0 saturated heterocycles.